The number of nitriles is 1. The van der Waals surface area contributed by atoms with Crippen LogP contribution in [0.5, 0.6) is 0 Å². The van der Waals surface area contributed by atoms with Gasteiger partial charge in [-0.05, 0) is 42.6 Å². The summed E-state index contributed by atoms with van der Waals surface area (Å²) in [6, 6.07) is 11.4. The summed E-state index contributed by atoms with van der Waals surface area (Å²) in [6.07, 6.45) is 2.40. The van der Waals surface area contributed by atoms with Gasteiger partial charge in [0.15, 0.2) is 8.32 Å². The van der Waals surface area contributed by atoms with Gasteiger partial charge in [0, 0.05) is 36.3 Å². The minimum Gasteiger partial charge on any atom is -0.417 e. The van der Waals surface area contributed by atoms with Gasteiger partial charge in [-0.25, -0.2) is 0 Å². The third-order valence-electron chi connectivity index (χ3n) is 6.49. The molecule has 5 heteroatoms. The second kappa shape index (κ2) is 7.42. The van der Waals surface area contributed by atoms with Crippen molar-refractivity contribution in [2.45, 2.75) is 70.2 Å². The van der Waals surface area contributed by atoms with Crippen LogP contribution in [0, 0.1) is 11.3 Å². The Bertz CT molecular complexity index is 857. The van der Waals surface area contributed by atoms with E-state index in [-0.39, 0.29) is 17.1 Å². The van der Waals surface area contributed by atoms with Gasteiger partial charge in [-0.2, -0.15) is 5.26 Å². The second-order valence-electron chi connectivity index (χ2n) is 9.32. The molecule has 0 unspecified atom stereocenters. The zero-order valence-corrected chi connectivity index (χ0v) is 18.6. The number of fused-ring (bicyclic) bond motifs is 3. The highest BCUT2D eigenvalue weighted by molar-refractivity contribution is 6.74. The number of para-hydroxylation sites is 1. The third kappa shape index (κ3) is 3.84. The lowest BCUT2D eigenvalue weighted by molar-refractivity contribution is 0.249. The van der Waals surface area contributed by atoms with Crippen LogP contribution in [0.15, 0.2) is 24.3 Å². The molecule has 1 aliphatic rings. The Hall–Kier alpha value is -1.61. The third-order valence-corrected chi connectivity index (χ3v) is 11.0. The summed E-state index contributed by atoms with van der Waals surface area (Å²) in [7, 11) is 0.416. The fourth-order valence-electron chi connectivity index (χ4n) is 3.93. The van der Waals surface area contributed by atoms with Crippen molar-refractivity contribution in [1.82, 2.24) is 9.88 Å². The van der Waals surface area contributed by atoms with E-state index in [0.717, 1.165) is 19.4 Å². The molecule has 27 heavy (non-hydrogen) atoms. The summed E-state index contributed by atoms with van der Waals surface area (Å²) < 4.78 is 8.78. The molecule has 0 fully saturated rings. The zero-order chi connectivity index (χ0) is 19.8. The van der Waals surface area contributed by atoms with Crippen molar-refractivity contribution in [3.8, 4) is 6.07 Å². The predicted molar refractivity (Wildman–Crippen MR) is 114 cm³/mol. The number of hydrogen-bond acceptors (Lipinski definition) is 3. The van der Waals surface area contributed by atoms with Crippen molar-refractivity contribution >= 4 is 19.2 Å². The van der Waals surface area contributed by atoms with Crippen LogP contribution in [0.1, 0.15) is 50.9 Å². The zero-order valence-electron chi connectivity index (χ0n) is 17.6. The first kappa shape index (κ1) is 20.1. The van der Waals surface area contributed by atoms with E-state index in [4.69, 9.17) is 4.43 Å². The number of aromatic nitrogens is 1. The molecule has 1 N–H and O–H groups in total. The molecule has 4 nitrogen and oxygen atoms in total. The van der Waals surface area contributed by atoms with Crippen molar-refractivity contribution in [3.63, 3.8) is 0 Å². The Balaban J connectivity index is 1.87. The van der Waals surface area contributed by atoms with Crippen molar-refractivity contribution in [3.05, 3.63) is 35.5 Å². The number of rotatable bonds is 5. The molecular formula is C22H33N3OSi. The van der Waals surface area contributed by atoms with Gasteiger partial charge in [0.1, 0.15) is 0 Å². The van der Waals surface area contributed by atoms with Gasteiger partial charge >= 0.3 is 0 Å². The van der Waals surface area contributed by atoms with Gasteiger partial charge in [-0.3, -0.25) is 0 Å². The number of hydrogen-bond donors (Lipinski definition) is 1. The molecule has 1 aromatic carbocycles. The van der Waals surface area contributed by atoms with Crippen molar-refractivity contribution < 1.29 is 4.43 Å². The Morgan fingerprint density at radius 2 is 2.00 bits per heavy atom. The highest BCUT2D eigenvalue weighted by Crippen LogP contribution is 2.38. The maximum Gasteiger partial charge on any atom is 0.191 e. The van der Waals surface area contributed by atoms with Crippen LogP contribution in [0.2, 0.25) is 18.1 Å². The van der Waals surface area contributed by atoms with E-state index in [2.05, 4.69) is 81.1 Å². The molecule has 0 amide bonds. The van der Waals surface area contributed by atoms with Gasteiger partial charge < -0.3 is 14.3 Å². The summed E-state index contributed by atoms with van der Waals surface area (Å²) >= 11 is 0. The molecule has 1 aliphatic heterocycles. The lowest BCUT2D eigenvalue weighted by Gasteiger charge is -2.37. The summed E-state index contributed by atoms with van der Waals surface area (Å²) in [5.74, 6) is 0. The molecule has 0 saturated heterocycles. The smallest absolute Gasteiger partial charge is 0.191 e. The molecule has 1 aromatic heterocycles. The van der Waals surface area contributed by atoms with Crippen LogP contribution >= 0.6 is 0 Å². The minimum atomic E-state index is -1.75. The minimum absolute atomic E-state index is 0.214. The van der Waals surface area contributed by atoms with Gasteiger partial charge in [0.05, 0.1) is 18.5 Å². The molecular weight excluding hydrogens is 350 g/mol. The molecule has 0 bridgehead atoms. The largest absolute Gasteiger partial charge is 0.417 e. The number of benzene rings is 1. The van der Waals surface area contributed by atoms with Gasteiger partial charge in [0.25, 0.3) is 0 Å². The van der Waals surface area contributed by atoms with Gasteiger partial charge in [-0.15, -0.1) is 0 Å². The molecule has 146 valence electrons. The maximum absolute atomic E-state index is 9.23. The van der Waals surface area contributed by atoms with E-state index in [1.54, 1.807) is 0 Å². The molecule has 0 radical (unpaired) electrons. The van der Waals surface area contributed by atoms with Gasteiger partial charge in [-0.1, -0.05) is 39.0 Å². The van der Waals surface area contributed by atoms with E-state index in [1.807, 2.05) is 0 Å². The van der Waals surface area contributed by atoms with E-state index in [0.29, 0.717) is 6.42 Å². The predicted octanol–water partition coefficient (Wildman–Crippen LogP) is 5.06. The first-order valence-corrected chi connectivity index (χ1v) is 12.9. The number of nitrogens with one attached hydrogen (secondary N) is 1. The summed E-state index contributed by atoms with van der Waals surface area (Å²) in [5, 5.41) is 14.5. The van der Waals surface area contributed by atoms with E-state index in [9.17, 15) is 5.26 Å². The number of nitrogens with zero attached hydrogens (tertiary/aromatic N) is 2. The SMILES string of the molecule is Cn1c2c(c3ccccc31)C[C@@H](CC#N)N[C@H]2CCO[Si](C)(C)C(C)(C)C. The molecule has 0 saturated carbocycles. The first-order valence-electron chi connectivity index (χ1n) is 9.99. The van der Waals surface area contributed by atoms with Crippen molar-refractivity contribution in [1.29, 1.82) is 5.26 Å². The highest BCUT2D eigenvalue weighted by atomic mass is 28.4. The molecule has 2 aromatic rings. The molecule has 2 atom stereocenters. The molecule has 3 rings (SSSR count). The van der Waals surface area contributed by atoms with Crippen molar-refractivity contribution in [2.24, 2.45) is 7.05 Å². The fourth-order valence-corrected chi connectivity index (χ4v) is 4.99. The monoisotopic (exact) mass is 383 g/mol. The van der Waals surface area contributed by atoms with E-state index >= 15 is 0 Å². The lowest BCUT2D eigenvalue weighted by atomic mass is 9.91. The topological polar surface area (TPSA) is 50.0 Å². The summed E-state index contributed by atoms with van der Waals surface area (Å²) in [6.45, 7) is 12.2. The Morgan fingerprint density at radius 3 is 2.67 bits per heavy atom. The van der Waals surface area contributed by atoms with E-state index in [1.165, 1.54) is 22.2 Å². The Labute approximate surface area is 164 Å². The summed E-state index contributed by atoms with van der Waals surface area (Å²) in [5.41, 5.74) is 4.05. The molecule has 0 aliphatic carbocycles. The molecule has 2 heterocycles. The van der Waals surface area contributed by atoms with Crippen LogP contribution < -0.4 is 5.32 Å². The van der Waals surface area contributed by atoms with Gasteiger partial charge in [0.2, 0.25) is 0 Å². The Morgan fingerprint density at radius 1 is 1.30 bits per heavy atom. The van der Waals surface area contributed by atoms with Crippen LogP contribution in [0.4, 0.5) is 0 Å². The lowest BCUT2D eigenvalue weighted by Crippen LogP contribution is -2.43. The summed E-state index contributed by atoms with van der Waals surface area (Å²) in [4.78, 5) is 0. The average molecular weight is 384 g/mol. The van der Waals surface area contributed by atoms with E-state index < -0.39 is 8.32 Å². The second-order valence-corrected chi connectivity index (χ2v) is 14.1. The maximum atomic E-state index is 9.23. The highest BCUT2D eigenvalue weighted by Gasteiger charge is 2.37. The van der Waals surface area contributed by atoms with Crippen LogP contribution in [0.25, 0.3) is 10.9 Å². The Kier molecular flexibility index (Phi) is 5.53. The average Bonchev–Trinajstić information content (AvgIpc) is 2.87. The van der Waals surface area contributed by atoms with Crippen LogP contribution in [-0.4, -0.2) is 25.5 Å². The first-order chi connectivity index (χ1) is 12.7. The normalized spacial score (nSPS) is 20.5. The number of aryl methyl sites for hydroxylation is 1. The van der Waals surface area contributed by atoms with Crippen molar-refractivity contribution in [2.75, 3.05) is 6.61 Å². The van der Waals surface area contributed by atoms with Crippen LogP contribution in [-0.2, 0) is 17.9 Å². The van der Waals surface area contributed by atoms with Crippen LogP contribution in [0.3, 0.4) is 0 Å². The fraction of sp³-hybridized carbons (Fsp3) is 0.591. The standard InChI is InChI=1S/C22H33N3OSi/c1-22(2,3)27(5,6)26-14-12-19-21-18(15-16(24-19)11-13-23)17-9-7-8-10-20(17)25(21)4/h7-10,16,19,24H,11-12,14-15H2,1-6H3/t16-,19+/m1/s1. The quantitative estimate of drug-likeness (QED) is 0.734. The molecule has 0 spiro atoms.